The second-order valence-corrected chi connectivity index (χ2v) is 8.51. The number of rotatable bonds is 3. The molecular formula is C16H14ClNO3S2. The van der Waals surface area contributed by atoms with Crippen molar-refractivity contribution in [3.05, 3.63) is 58.6 Å². The van der Waals surface area contributed by atoms with Crippen LogP contribution in [0.4, 0.5) is 0 Å². The normalized spacial score (nSPS) is 17.8. The minimum absolute atomic E-state index is 0.0924. The minimum Gasteiger partial charge on any atom is -0.292 e. The third-order valence-electron chi connectivity index (χ3n) is 3.54. The van der Waals surface area contributed by atoms with Gasteiger partial charge in [-0.1, -0.05) is 23.2 Å². The Morgan fingerprint density at radius 2 is 1.87 bits per heavy atom. The maximum absolute atomic E-state index is 12.6. The van der Waals surface area contributed by atoms with Gasteiger partial charge in [0.1, 0.15) is 0 Å². The van der Waals surface area contributed by atoms with Crippen LogP contribution >= 0.6 is 23.4 Å². The highest BCUT2D eigenvalue weighted by molar-refractivity contribution is 7.99. The molecule has 2 aromatic carbocycles. The Bertz CT molecular complexity index is 863. The molecule has 0 fully saturated rings. The molecule has 0 saturated carbocycles. The summed E-state index contributed by atoms with van der Waals surface area (Å²) in [5, 5.41) is 0.456. The molecule has 1 aliphatic rings. The van der Waals surface area contributed by atoms with Gasteiger partial charge in [-0.2, -0.15) is 4.72 Å². The van der Waals surface area contributed by atoms with Gasteiger partial charge in [0.2, 0.25) is 10.0 Å². The topological polar surface area (TPSA) is 63.2 Å². The maximum atomic E-state index is 12.6. The van der Waals surface area contributed by atoms with Gasteiger partial charge in [0.25, 0.3) is 0 Å². The summed E-state index contributed by atoms with van der Waals surface area (Å²) >= 11 is 7.25. The van der Waals surface area contributed by atoms with Crippen LogP contribution in [0.1, 0.15) is 15.9 Å². The van der Waals surface area contributed by atoms with E-state index in [-0.39, 0.29) is 10.7 Å². The first-order valence-electron chi connectivity index (χ1n) is 6.92. The molecule has 3 rings (SSSR count). The fourth-order valence-electron chi connectivity index (χ4n) is 2.36. The van der Waals surface area contributed by atoms with Crippen LogP contribution in [0.2, 0.25) is 5.02 Å². The number of hydrogen-bond acceptors (Lipinski definition) is 4. The molecule has 4 nitrogen and oxygen atoms in total. The third kappa shape index (κ3) is 3.45. The van der Waals surface area contributed by atoms with Crippen molar-refractivity contribution >= 4 is 39.2 Å². The Hall–Kier alpha value is -1.34. The van der Waals surface area contributed by atoms with E-state index in [9.17, 15) is 13.2 Å². The molecule has 23 heavy (non-hydrogen) atoms. The summed E-state index contributed by atoms with van der Waals surface area (Å²) in [5.74, 6) is 0.182. The predicted octanol–water partition coefficient (Wildman–Crippen LogP) is 3.28. The highest BCUT2D eigenvalue weighted by atomic mass is 35.5. The van der Waals surface area contributed by atoms with Crippen molar-refractivity contribution in [3.8, 4) is 0 Å². The number of benzene rings is 2. The number of sulfonamides is 1. The number of aryl methyl sites for hydroxylation is 1. The Morgan fingerprint density at radius 1 is 1.17 bits per heavy atom. The van der Waals surface area contributed by atoms with E-state index < -0.39 is 16.1 Å². The number of Topliss-reactive ketones (excluding diaryl/α,β-unsaturated/α-hetero) is 1. The number of hydrogen-bond donors (Lipinski definition) is 1. The monoisotopic (exact) mass is 367 g/mol. The van der Waals surface area contributed by atoms with Crippen LogP contribution in [0, 0.1) is 6.92 Å². The smallest absolute Gasteiger partial charge is 0.241 e. The molecule has 2 aromatic rings. The predicted molar refractivity (Wildman–Crippen MR) is 91.8 cm³/mol. The average molecular weight is 368 g/mol. The first-order valence-corrected chi connectivity index (χ1v) is 9.77. The van der Waals surface area contributed by atoms with Gasteiger partial charge in [0.15, 0.2) is 5.78 Å². The molecule has 0 radical (unpaired) electrons. The third-order valence-corrected chi connectivity index (χ3v) is 6.45. The zero-order chi connectivity index (χ0) is 16.6. The van der Waals surface area contributed by atoms with Crippen LogP contribution in [-0.2, 0) is 10.0 Å². The standard InChI is InChI=1S/C16H14ClNO3S2/c1-10-2-7-15-13(8-10)16(19)14(9-22-15)18-23(20,21)12-5-3-11(17)4-6-12/h2-8,14,18H,9H2,1H3. The molecular weight excluding hydrogens is 354 g/mol. The number of halogens is 1. The molecule has 1 atom stereocenters. The average Bonchev–Trinajstić information content (AvgIpc) is 2.51. The first kappa shape index (κ1) is 16.5. The fourth-order valence-corrected chi connectivity index (χ4v) is 4.84. The first-order chi connectivity index (χ1) is 10.9. The molecule has 0 aromatic heterocycles. The minimum atomic E-state index is -3.77. The van der Waals surface area contributed by atoms with E-state index in [1.165, 1.54) is 36.0 Å². The van der Waals surface area contributed by atoms with Gasteiger partial charge in [-0.15, -0.1) is 11.8 Å². The molecule has 1 aliphatic heterocycles. The van der Waals surface area contributed by atoms with E-state index >= 15 is 0 Å². The van der Waals surface area contributed by atoms with Crippen molar-refractivity contribution < 1.29 is 13.2 Å². The van der Waals surface area contributed by atoms with Gasteiger partial charge in [0.05, 0.1) is 10.9 Å². The highest BCUT2D eigenvalue weighted by Crippen LogP contribution is 2.31. The summed E-state index contributed by atoms with van der Waals surface area (Å²) in [7, 11) is -3.77. The lowest BCUT2D eigenvalue weighted by molar-refractivity contribution is 0.0957. The van der Waals surface area contributed by atoms with Crippen LogP contribution < -0.4 is 4.72 Å². The van der Waals surface area contributed by atoms with Crippen molar-refractivity contribution in [3.63, 3.8) is 0 Å². The van der Waals surface area contributed by atoms with Crippen molar-refractivity contribution in [2.24, 2.45) is 0 Å². The van der Waals surface area contributed by atoms with Gasteiger partial charge >= 0.3 is 0 Å². The second kappa shape index (κ2) is 6.28. The Kier molecular flexibility index (Phi) is 4.51. The van der Waals surface area contributed by atoms with E-state index in [4.69, 9.17) is 11.6 Å². The van der Waals surface area contributed by atoms with Gasteiger partial charge in [-0.3, -0.25) is 4.79 Å². The van der Waals surface area contributed by atoms with Crippen LogP contribution in [0.15, 0.2) is 52.3 Å². The summed E-state index contributed by atoms with van der Waals surface area (Å²) in [6.45, 7) is 1.90. The lowest BCUT2D eigenvalue weighted by Crippen LogP contribution is -2.44. The fraction of sp³-hybridized carbons (Fsp3) is 0.188. The quantitative estimate of drug-likeness (QED) is 0.904. The zero-order valence-corrected chi connectivity index (χ0v) is 14.6. The van der Waals surface area contributed by atoms with Gasteiger partial charge in [-0.05, 0) is 43.3 Å². The van der Waals surface area contributed by atoms with E-state index in [1.54, 1.807) is 6.07 Å². The highest BCUT2D eigenvalue weighted by Gasteiger charge is 2.31. The Balaban J connectivity index is 1.86. The van der Waals surface area contributed by atoms with E-state index in [1.807, 2.05) is 19.1 Å². The van der Waals surface area contributed by atoms with Crippen LogP contribution in [0.25, 0.3) is 0 Å². The summed E-state index contributed by atoms with van der Waals surface area (Å²) < 4.78 is 27.3. The molecule has 0 amide bonds. The van der Waals surface area contributed by atoms with Gasteiger partial charge in [-0.25, -0.2) is 8.42 Å². The summed E-state index contributed by atoms with van der Waals surface area (Å²) in [5.41, 5.74) is 1.55. The largest absolute Gasteiger partial charge is 0.292 e. The number of fused-ring (bicyclic) bond motifs is 1. The molecule has 1 unspecified atom stereocenters. The molecule has 1 N–H and O–H groups in total. The van der Waals surface area contributed by atoms with Crippen molar-refractivity contribution in [1.29, 1.82) is 0 Å². The van der Waals surface area contributed by atoms with Crippen molar-refractivity contribution in [2.45, 2.75) is 22.8 Å². The number of carbonyl (C=O) groups excluding carboxylic acids is 1. The summed E-state index contributed by atoms with van der Waals surface area (Å²) in [4.78, 5) is 13.6. The van der Waals surface area contributed by atoms with E-state index in [0.717, 1.165) is 10.5 Å². The molecule has 0 aliphatic carbocycles. The van der Waals surface area contributed by atoms with Crippen LogP contribution in [0.3, 0.4) is 0 Å². The number of carbonyl (C=O) groups is 1. The number of thioether (sulfide) groups is 1. The molecule has 1 heterocycles. The lowest BCUT2D eigenvalue weighted by atomic mass is 10.0. The van der Waals surface area contributed by atoms with Crippen LogP contribution in [0.5, 0.6) is 0 Å². The lowest BCUT2D eigenvalue weighted by Gasteiger charge is -2.24. The van der Waals surface area contributed by atoms with Crippen LogP contribution in [-0.4, -0.2) is 26.0 Å². The molecule has 0 spiro atoms. The maximum Gasteiger partial charge on any atom is 0.241 e. The van der Waals surface area contributed by atoms with Gasteiger partial charge < -0.3 is 0 Å². The zero-order valence-electron chi connectivity index (χ0n) is 12.2. The molecule has 120 valence electrons. The van der Waals surface area contributed by atoms with Gasteiger partial charge in [0, 0.05) is 21.2 Å². The second-order valence-electron chi connectivity index (χ2n) is 5.30. The molecule has 0 saturated heterocycles. The Labute approximate surface area is 144 Å². The summed E-state index contributed by atoms with van der Waals surface area (Å²) in [6.07, 6.45) is 0. The molecule has 0 bridgehead atoms. The van der Waals surface area contributed by atoms with E-state index in [0.29, 0.717) is 16.3 Å². The number of nitrogens with one attached hydrogen (secondary N) is 1. The Morgan fingerprint density at radius 3 is 2.57 bits per heavy atom. The van der Waals surface area contributed by atoms with Crippen molar-refractivity contribution in [2.75, 3.05) is 5.75 Å². The summed E-state index contributed by atoms with van der Waals surface area (Å²) in [6, 6.07) is 10.7. The van der Waals surface area contributed by atoms with E-state index in [2.05, 4.69) is 4.72 Å². The SMILES string of the molecule is Cc1ccc2c(c1)C(=O)C(NS(=O)(=O)c1ccc(Cl)cc1)CS2. The van der Waals surface area contributed by atoms with Crippen molar-refractivity contribution in [1.82, 2.24) is 4.72 Å². The molecule has 7 heteroatoms. The number of ketones is 1.